The van der Waals surface area contributed by atoms with Gasteiger partial charge in [0.15, 0.2) is 0 Å². The molecule has 13 heavy (non-hydrogen) atoms. The Morgan fingerprint density at radius 1 is 1.38 bits per heavy atom. The lowest BCUT2D eigenvalue weighted by Gasteiger charge is -2.16. The minimum absolute atomic E-state index is 0.733. The summed E-state index contributed by atoms with van der Waals surface area (Å²) in [5, 5.41) is 3.58. The molecule has 0 aliphatic carbocycles. The van der Waals surface area contributed by atoms with Crippen molar-refractivity contribution in [3.8, 4) is 0 Å². The summed E-state index contributed by atoms with van der Waals surface area (Å²) in [5.41, 5.74) is 5.45. The quantitative estimate of drug-likeness (QED) is 0.623. The fraction of sp³-hybridized carbons (Fsp3) is 1.00. The average molecular weight is 185 g/mol. The highest BCUT2D eigenvalue weighted by atomic mass is 15.1. The van der Waals surface area contributed by atoms with E-state index in [0.717, 1.165) is 25.6 Å². The number of nitrogens with zero attached hydrogens (tertiary/aromatic N) is 1. The van der Waals surface area contributed by atoms with Gasteiger partial charge in [-0.2, -0.15) is 0 Å². The van der Waals surface area contributed by atoms with Crippen molar-refractivity contribution in [1.82, 2.24) is 10.2 Å². The fourth-order valence-electron chi connectivity index (χ4n) is 1.85. The van der Waals surface area contributed by atoms with Gasteiger partial charge in [0, 0.05) is 6.04 Å². The second kappa shape index (κ2) is 6.35. The van der Waals surface area contributed by atoms with Gasteiger partial charge in [-0.15, -0.1) is 0 Å². The Morgan fingerprint density at radius 2 is 2.23 bits per heavy atom. The first-order valence-electron chi connectivity index (χ1n) is 5.45. The van der Waals surface area contributed by atoms with E-state index in [1.165, 1.54) is 32.4 Å². The first kappa shape index (κ1) is 11.0. The number of nitrogens with one attached hydrogen (secondary N) is 1. The third-order valence-corrected chi connectivity index (χ3v) is 2.77. The van der Waals surface area contributed by atoms with Crippen LogP contribution >= 0.6 is 0 Å². The Bertz CT molecular complexity index is 127. The highest BCUT2D eigenvalue weighted by Gasteiger charge is 2.13. The molecule has 1 aliphatic heterocycles. The molecular formula is C10H23N3. The van der Waals surface area contributed by atoms with Gasteiger partial charge in [0.25, 0.3) is 0 Å². The Balaban J connectivity index is 2.11. The second-order valence-corrected chi connectivity index (χ2v) is 4.03. The van der Waals surface area contributed by atoms with Crippen molar-refractivity contribution in [3.63, 3.8) is 0 Å². The van der Waals surface area contributed by atoms with E-state index in [9.17, 15) is 0 Å². The van der Waals surface area contributed by atoms with Crippen LogP contribution in [0.2, 0.25) is 0 Å². The summed E-state index contributed by atoms with van der Waals surface area (Å²) < 4.78 is 0. The molecule has 0 saturated carbocycles. The first-order valence-corrected chi connectivity index (χ1v) is 5.45. The summed E-state index contributed by atoms with van der Waals surface area (Å²) >= 11 is 0. The van der Waals surface area contributed by atoms with E-state index in [1.807, 2.05) is 0 Å². The van der Waals surface area contributed by atoms with Gasteiger partial charge in [-0.25, -0.2) is 0 Å². The normalized spacial score (nSPS) is 25.8. The van der Waals surface area contributed by atoms with Gasteiger partial charge < -0.3 is 16.0 Å². The summed E-state index contributed by atoms with van der Waals surface area (Å²) in [6.45, 7) is 4.39. The van der Waals surface area contributed by atoms with Crippen molar-refractivity contribution in [1.29, 1.82) is 0 Å². The molecule has 1 aliphatic rings. The zero-order valence-electron chi connectivity index (χ0n) is 8.76. The van der Waals surface area contributed by atoms with E-state index in [0.29, 0.717) is 0 Å². The van der Waals surface area contributed by atoms with Crippen molar-refractivity contribution in [3.05, 3.63) is 0 Å². The summed E-state index contributed by atoms with van der Waals surface area (Å²) in [6.07, 6.45) is 5.05. The molecule has 1 saturated heterocycles. The van der Waals surface area contributed by atoms with Crippen LogP contribution < -0.4 is 11.1 Å². The van der Waals surface area contributed by atoms with Crippen molar-refractivity contribution in [2.45, 2.75) is 31.7 Å². The Hall–Kier alpha value is -0.120. The number of likely N-dealkylation sites (tertiary alicyclic amines) is 1. The fourth-order valence-corrected chi connectivity index (χ4v) is 1.85. The lowest BCUT2D eigenvalue weighted by molar-refractivity contribution is 0.343. The Labute approximate surface area is 81.7 Å². The van der Waals surface area contributed by atoms with Gasteiger partial charge in [0.2, 0.25) is 0 Å². The lowest BCUT2D eigenvalue weighted by Crippen LogP contribution is -2.31. The van der Waals surface area contributed by atoms with Crippen LogP contribution in [0.15, 0.2) is 0 Å². The van der Waals surface area contributed by atoms with Crippen LogP contribution in [0.5, 0.6) is 0 Å². The third-order valence-electron chi connectivity index (χ3n) is 2.77. The summed E-state index contributed by atoms with van der Waals surface area (Å²) in [6, 6.07) is 0.733. The van der Waals surface area contributed by atoms with Crippen LogP contribution in [0.4, 0.5) is 0 Å². The van der Waals surface area contributed by atoms with Crippen LogP contribution in [-0.4, -0.2) is 44.2 Å². The molecular weight excluding hydrogens is 162 g/mol. The minimum atomic E-state index is 0.733. The summed E-state index contributed by atoms with van der Waals surface area (Å²) in [7, 11) is 2.21. The molecule has 3 N–H and O–H groups in total. The number of rotatable bonds is 4. The molecule has 3 nitrogen and oxygen atoms in total. The average Bonchev–Trinajstić information content (AvgIpc) is 2.32. The van der Waals surface area contributed by atoms with E-state index in [1.54, 1.807) is 0 Å². The molecule has 3 heteroatoms. The zero-order valence-corrected chi connectivity index (χ0v) is 8.76. The Morgan fingerprint density at radius 3 is 3.00 bits per heavy atom. The maximum atomic E-state index is 5.45. The van der Waals surface area contributed by atoms with Gasteiger partial charge in [-0.3, -0.25) is 0 Å². The molecule has 0 bridgehead atoms. The van der Waals surface area contributed by atoms with E-state index in [-0.39, 0.29) is 0 Å². The van der Waals surface area contributed by atoms with Crippen LogP contribution in [-0.2, 0) is 0 Å². The summed E-state index contributed by atoms with van der Waals surface area (Å²) in [4.78, 5) is 2.42. The highest BCUT2D eigenvalue weighted by molar-refractivity contribution is 4.73. The van der Waals surface area contributed by atoms with Gasteiger partial charge in [0.05, 0.1) is 0 Å². The molecule has 78 valence electrons. The maximum Gasteiger partial charge on any atom is 0.00797 e. The second-order valence-electron chi connectivity index (χ2n) is 4.03. The largest absolute Gasteiger partial charge is 0.330 e. The summed E-state index contributed by atoms with van der Waals surface area (Å²) in [5.74, 6) is 0. The number of hydrogen-bond donors (Lipinski definition) is 2. The lowest BCUT2D eigenvalue weighted by atomic mass is 10.1. The van der Waals surface area contributed by atoms with Gasteiger partial charge in [0.1, 0.15) is 0 Å². The molecule has 0 aromatic carbocycles. The highest BCUT2D eigenvalue weighted by Crippen LogP contribution is 2.09. The minimum Gasteiger partial charge on any atom is -0.330 e. The monoisotopic (exact) mass is 185 g/mol. The molecule has 1 fully saturated rings. The molecule has 0 aromatic rings. The van der Waals surface area contributed by atoms with Gasteiger partial charge in [-0.05, 0) is 58.9 Å². The molecule has 1 heterocycles. The first-order chi connectivity index (χ1) is 6.33. The molecule has 1 rings (SSSR count). The molecule has 0 amide bonds. The SMILES string of the molecule is CN1CCCC(NCCCN)CC1. The van der Waals surface area contributed by atoms with Crippen molar-refractivity contribution < 1.29 is 0 Å². The topological polar surface area (TPSA) is 41.3 Å². The predicted octanol–water partition coefficient (Wildman–Crippen LogP) is 0.409. The van der Waals surface area contributed by atoms with Crippen molar-refractivity contribution in [2.24, 2.45) is 5.73 Å². The van der Waals surface area contributed by atoms with Crippen LogP contribution in [0.3, 0.4) is 0 Å². The Kier molecular flexibility index (Phi) is 5.35. The van der Waals surface area contributed by atoms with Crippen LogP contribution in [0.25, 0.3) is 0 Å². The zero-order chi connectivity index (χ0) is 9.52. The maximum absolute atomic E-state index is 5.45. The smallest absolute Gasteiger partial charge is 0.00797 e. The standard InChI is InChI=1S/C10H23N3/c1-13-8-2-4-10(5-9-13)12-7-3-6-11/h10,12H,2-9,11H2,1H3. The van der Waals surface area contributed by atoms with E-state index in [4.69, 9.17) is 5.73 Å². The van der Waals surface area contributed by atoms with Crippen molar-refractivity contribution >= 4 is 0 Å². The third kappa shape index (κ3) is 4.60. The van der Waals surface area contributed by atoms with Gasteiger partial charge in [-0.1, -0.05) is 0 Å². The van der Waals surface area contributed by atoms with E-state index < -0.39 is 0 Å². The van der Waals surface area contributed by atoms with Gasteiger partial charge >= 0.3 is 0 Å². The molecule has 1 unspecified atom stereocenters. The number of hydrogen-bond acceptors (Lipinski definition) is 3. The molecule has 1 atom stereocenters. The molecule has 0 aromatic heterocycles. The van der Waals surface area contributed by atoms with Crippen LogP contribution in [0.1, 0.15) is 25.7 Å². The van der Waals surface area contributed by atoms with Crippen LogP contribution in [0, 0.1) is 0 Å². The predicted molar refractivity (Wildman–Crippen MR) is 56.8 cm³/mol. The van der Waals surface area contributed by atoms with Crippen molar-refractivity contribution in [2.75, 3.05) is 33.2 Å². The molecule has 0 radical (unpaired) electrons. The molecule has 0 spiro atoms. The number of nitrogens with two attached hydrogens (primary N) is 1. The van der Waals surface area contributed by atoms with E-state index >= 15 is 0 Å². The van der Waals surface area contributed by atoms with E-state index in [2.05, 4.69) is 17.3 Å².